The molecule has 2 bridgehead atoms. The van der Waals surface area contributed by atoms with Crippen LogP contribution in [0.3, 0.4) is 0 Å². The van der Waals surface area contributed by atoms with Crippen molar-refractivity contribution in [2.75, 3.05) is 6.54 Å². The minimum absolute atomic E-state index is 0.0668. The number of benzene rings is 1. The Labute approximate surface area is 167 Å². The Morgan fingerprint density at radius 3 is 2.72 bits per heavy atom. The summed E-state index contributed by atoms with van der Waals surface area (Å²) in [4.78, 5) is 16.0. The first-order valence-corrected chi connectivity index (χ1v) is 9.69. The quantitative estimate of drug-likeness (QED) is 0.777. The number of halogens is 3. The topological polar surface area (TPSA) is 63.9 Å². The van der Waals surface area contributed by atoms with Gasteiger partial charge >= 0.3 is 6.18 Å². The molecule has 2 aromatic rings. The van der Waals surface area contributed by atoms with Crippen LogP contribution >= 0.6 is 0 Å². The third-order valence-electron chi connectivity index (χ3n) is 5.91. The van der Waals surface area contributed by atoms with Crippen LogP contribution in [0.4, 0.5) is 13.2 Å². The van der Waals surface area contributed by atoms with Gasteiger partial charge in [-0.25, -0.2) is 0 Å². The number of carbonyl (C=O) groups excluding carboxylic acids is 1. The molecule has 2 aliphatic rings. The maximum absolute atomic E-state index is 12.9. The van der Waals surface area contributed by atoms with Gasteiger partial charge in [0, 0.05) is 18.2 Å². The monoisotopic (exact) mass is 407 g/mol. The summed E-state index contributed by atoms with van der Waals surface area (Å²) < 4.78 is 38.7. The molecule has 1 aliphatic carbocycles. The molecule has 1 amide bonds. The number of amides is 1. The number of likely N-dealkylation sites (tertiary alicyclic amines) is 1. The second kappa shape index (κ2) is 6.53. The minimum Gasteiger partial charge on any atom is -0.337 e. The van der Waals surface area contributed by atoms with Crippen LogP contribution in [0.5, 0.6) is 0 Å². The predicted molar refractivity (Wildman–Crippen MR) is 99.5 cm³/mol. The Kier molecular flexibility index (Phi) is 4.47. The van der Waals surface area contributed by atoms with Gasteiger partial charge in [0.05, 0.1) is 5.56 Å². The van der Waals surface area contributed by atoms with Gasteiger partial charge in [-0.15, -0.1) is 10.2 Å². The molecular weight excluding hydrogens is 383 g/mol. The molecule has 0 N–H and O–H groups in total. The second-order valence-electron chi connectivity index (χ2n) is 9.46. The zero-order valence-corrected chi connectivity index (χ0v) is 16.7. The molecule has 2 fully saturated rings. The molecule has 2 heterocycles. The van der Waals surface area contributed by atoms with Crippen molar-refractivity contribution in [1.29, 1.82) is 0 Å². The molecule has 4 rings (SSSR count). The van der Waals surface area contributed by atoms with E-state index < -0.39 is 11.7 Å². The van der Waals surface area contributed by atoms with Crippen molar-refractivity contribution in [2.45, 2.75) is 58.8 Å². The van der Waals surface area contributed by atoms with Gasteiger partial charge in [0.15, 0.2) is 0 Å². The Bertz CT molecular complexity index is 938. The van der Waals surface area contributed by atoms with Gasteiger partial charge in [-0.1, -0.05) is 32.9 Å². The van der Waals surface area contributed by atoms with Crippen molar-refractivity contribution < 1.29 is 18.0 Å². The van der Waals surface area contributed by atoms with Crippen molar-refractivity contribution in [3.8, 4) is 11.4 Å². The number of hydrogen-bond acceptors (Lipinski definition) is 4. The van der Waals surface area contributed by atoms with Gasteiger partial charge in [0.25, 0.3) is 0 Å². The van der Waals surface area contributed by atoms with E-state index in [1.165, 1.54) is 12.1 Å². The first kappa shape index (κ1) is 19.8. The highest BCUT2D eigenvalue weighted by Gasteiger charge is 2.50. The van der Waals surface area contributed by atoms with E-state index in [9.17, 15) is 18.0 Å². The Morgan fingerprint density at radius 2 is 2.00 bits per heavy atom. The first-order chi connectivity index (χ1) is 13.4. The summed E-state index contributed by atoms with van der Waals surface area (Å²) in [7, 11) is 0. The molecule has 1 saturated carbocycles. The van der Waals surface area contributed by atoms with Crippen LogP contribution in [0.15, 0.2) is 24.3 Å². The first-order valence-electron chi connectivity index (χ1n) is 9.69. The maximum Gasteiger partial charge on any atom is 0.416 e. The molecule has 1 aromatic heterocycles. The lowest BCUT2D eigenvalue weighted by molar-refractivity contribution is -0.137. The number of hydrogen-bond donors (Lipinski definition) is 0. The zero-order valence-electron chi connectivity index (χ0n) is 16.7. The highest BCUT2D eigenvalue weighted by molar-refractivity contribution is 5.76. The van der Waals surface area contributed by atoms with Gasteiger partial charge in [0.1, 0.15) is 6.54 Å². The largest absolute Gasteiger partial charge is 0.416 e. The molecule has 0 unspecified atom stereocenters. The second-order valence-corrected chi connectivity index (χ2v) is 9.46. The molecule has 1 saturated heterocycles. The van der Waals surface area contributed by atoms with Crippen LogP contribution in [-0.2, 0) is 17.5 Å². The van der Waals surface area contributed by atoms with E-state index in [0.29, 0.717) is 0 Å². The van der Waals surface area contributed by atoms with E-state index >= 15 is 0 Å². The fourth-order valence-electron chi connectivity index (χ4n) is 5.22. The number of nitrogens with zero attached hydrogens (tertiary/aromatic N) is 5. The van der Waals surface area contributed by atoms with Gasteiger partial charge in [-0.05, 0) is 47.4 Å². The summed E-state index contributed by atoms with van der Waals surface area (Å²) in [6.07, 6.45) is -1.39. The molecule has 6 nitrogen and oxygen atoms in total. The number of carbonyl (C=O) groups is 1. The van der Waals surface area contributed by atoms with Gasteiger partial charge in [-0.2, -0.15) is 18.0 Å². The molecule has 0 radical (unpaired) electrons. The van der Waals surface area contributed by atoms with E-state index in [2.05, 4.69) is 36.2 Å². The standard InChI is InChI=1S/C20H24F3N5O/c1-18(2)8-15-9-19(3,11-18)12-27(15)16(29)10-28-25-17(24-26-28)13-5-4-6-14(7-13)20(21,22)23/h4-7,15H,8-12H2,1-3H3/t15-,19+/m0/s1. The summed E-state index contributed by atoms with van der Waals surface area (Å²) >= 11 is 0. The van der Waals surface area contributed by atoms with E-state index in [1.807, 2.05) is 4.90 Å². The van der Waals surface area contributed by atoms with Crippen molar-refractivity contribution >= 4 is 5.91 Å². The molecule has 29 heavy (non-hydrogen) atoms. The van der Waals surface area contributed by atoms with E-state index in [4.69, 9.17) is 0 Å². The summed E-state index contributed by atoms with van der Waals surface area (Å²) in [5.41, 5.74) is -0.233. The third-order valence-corrected chi connectivity index (χ3v) is 5.91. The molecule has 9 heteroatoms. The molecular formula is C20H24F3N5O. The van der Waals surface area contributed by atoms with E-state index in [0.717, 1.165) is 42.7 Å². The maximum atomic E-state index is 12.9. The lowest BCUT2D eigenvalue weighted by Gasteiger charge is -2.39. The number of alkyl halides is 3. The summed E-state index contributed by atoms with van der Waals surface area (Å²) in [5, 5.41) is 11.8. The van der Waals surface area contributed by atoms with Gasteiger partial charge < -0.3 is 4.90 Å². The van der Waals surface area contributed by atoms with E-state index in [1.54, 1.807) is 0 Å². The molecule has 1 aromatic carbocycles. The van der Waals surface area contributed by atoms with Crippen LogP contribution in [0.2, 0.25) is 0 Å². The highest BCUT2D eigenvalue weighted by Crippen LogP contribution is 2.52. The Balaban J connectivity index is 1.48. The molecule has 1 aliphatic heterocycles. The smallest absolute Gasteiger partial charge is 0.337 e. The van der Waals surface area contributed by atoms with E-state index in [-0.39, 0.29) is 40.7 Å². The van der Waals surface area contributed by atoms with Crippen molar-refractivity contribution in [3.05, 3.63) is 29.8 Å². The fraction of sp³-hybridized carbons (Fsp3) is 0.600. The van der Waals surface area contributed by atoms with Crippen LogP contribution in [0.1, 0.15) is 45.6 Å². The minimum atomic E-state index is -4.45. The molecule has 156 valence electrons. The average molecular weight is 407 g/mol. The number of aromatic nitrogens is 4. The normalized spacial score (nSPS) is 26.0. The van der Waals surface area contributed by atoms with Crippen LogP contribution in [0, 0.1) is 10.8 Å². The summed E-state index contributed by atoms with van der Waals surface area (Å²) in [6.45, 7) is 7.36. The van der Waals surface area contributed by atoms with Crippen molar-refractivity contribution in [3.63, 3.8) is 0 Å². The molecule has 2 atom stereocenters. The highest BCUT2D eigenvalue weighted by atomic mass is 19.4. The average Bonchev–Trinajstić information content (AvgIpc) is 3.15. The summed E-state index contributed by atoms with van der Waals surface area (Å²) in [6, 6.07) is 4.98. The lowest BCUT2D eigenvalue weighted by Crippen LogP contribution is -2.39. The SMILES string of the molecule is CC1(C)C[C@H]2C[C@@](C)(CN2C(=O)Cn2nnc(-c3cccc(C(F)(F)F)c3)n2)C1. The van der Waals surface area contributed by atoms with Crippen LogP contribution in [0.25, 0.3) is 11.4 Å². The van der Waals surface area contributed by atoms with Crippen LogP contribution < -0.4 is 0 Å². The predicted octanol–water partition coefficient (Wildman–Crippen LogP) is 3.79. The Hall–Kier alpha value is -2.45. The van der Waals surface area contributed by atoms with Gasteiger partial charge in [-0.3, -0.25) is 4.79 Å². The third kappa shape index (κ3) is 4.00. The zero-order chi connectivity index (χ0) is 21.0. The number of rotatable bonds is 3. The van der Waals surface area contributed by atoms with Crippen molar-refractivity contribution in [1.82, 2.24) is 25.1 Å². The lowest BCUT2D eigenvalue weighted by atomic mass is 9.65. The summed E-state index contributed by atoms with van der Waals surface area (Å²) in [5.74, 6) is -0.0124. The Morgan fingerprint density at radius 1 is 1.24 bits per heavy atom. The van der Waals surface area contributed by atoms with Crippen molar-refractivity contribution in [2.24, 2.45) is 10.8 Å². The fourth-order valence-corrected chi connectivity index (χ4v) is 5.22. The van der Waals surface area contributed by atoms with Crippen LogP contribution in [-0.4, -0.2) is 43.6 Å². The van der Waals surface area contributed by atoms with Gasteiger partial charge in [0.2, 0.25) is 11.7 Å². The number of fused-ring (bicyclic) bond motifs is 2. The molecule has 0 spiro atoms. The number of tetrazole rings is 1.